The second kappa shape index (κ2) is 8.50. The van der Waals surface area contributed by atoms with E-state index in [1.807, 2.05) is 61.5 Å². The van der Waals surface area contributed by atoms with Crippen LogP contribution in [0.4, 0.5) is 22.9 Å². The monoisotopic (exact) mass is 413 g/mol. The fourth-order valence-corrected chi connectivity index (χ4v) is 3.12. The number of benzene rings is 3. The zero-order chi connectivity index (χ0) is 21.8. The van der Waals surface area contributed by atoms with Crippen LogP contribution in [-0.4, -0.2) is 20.6 Å². The Morgan fingerprint density at radius 1 is 0.935 bits per heavy atom. The van der Waals surface area contributed by atoms with Crippen molar-refractivity contribution in [2.75, 3.05) is 10.6 Å². The minimum Gasteiger partial charge on any atom is -0.338 e. The molecule has 1 aromatic heterocycles. The summed E-state index contributed by atoms with van der Waals surface area (Å²) >= 11 is 0. The number of rotatable bonds is 6. The molecule has 0 aliphatic heterocycles. The van der Waals surface area contributed by atoms with Crippen molar-refractivity contribution in [3.63, 3.8) is 0 Å². The third kappa shape index (κ3) is 4.43. The summed E-state index contributed by atoms with van der Waals surface area (Å²) in [6, 6.07) is 24.4. The largest absolute Gasteiger partial charge is 0.338 e. The topological polar surface area (TPSA) is 102 Å². The van der Waals surface area contributed by atoms with Crippen LogP contribution in [0.5, 0.6) is 0 Å². The highest BCUT2D eigenvalue weighted by Crippen LogP contribution is 2.28. The molecular weight excluding hydrogens is 394 g/mol. The molecule has 8 nitrogen and oxygen atoms in total. The minimum absolute atomic E-state index is 0.0665. The van der Waals surface area contributed by atoms with Crippen molar-refractivity contribution < 1.29 is 9.72 Å². The van der Waals surface area contributed by atoms with Crippen molar-refractivity contribution in [3.05, 3.63) is 106 Å². The van der Waals surface area contributed by atoms with Crippen LogP contribution in [-0.2, 0) is 0 Å². The summed E-state index contributed by atoms with van der Waals surface area (Å²) < 4.78 is 1.80. The van der Waals surface area contributed by atoms with E-state index >= 15 is 0 Å². The standard InChI is InChI=1S/C23H19N5O3/c1-16-15-22(27(26-16)18-7-3-2-4-8-18)24-20-9-5-6-10-21(20)25-23(29)17-11-13-19(14-12-17)28(30)31/h2-15,24H,1H3,(H,25,29). The summed E-state index contributed by atoms with van der Waals surface area (Å²) in [5.41, 5.74) is 3.28. The maximum Gasteiger partial charge on any atom is 0.269 e. The molecule has 0 saturated heterocycles. The normalized spacial score (nSPS) is 10.5. The van der Waals surface area contributed by atoms with Gasteiger partial charge in [-0.3, -0.25) is 14.9 Å². The third-order valence-electron chi connectivity index (χ3n) is 4.61. The lowest BCUT2D eigenvalue weighted by Crippen LogP contribution is -2.13. The molecule has 0 fully saturated rings. The Bertz CT molecular complexity index is 1230. The zero-order valence-corrected chi connectivity index (χ0v) is 16.6. The van der Waals surface area contributed by atoms with Gasteiger partial charge in [0.1, 0.15) is 5.82 Å². The number of hydrogen-bond acceptors (Lipinski definition) is 5. The van der Waals surface area contributed by atoms with Crippen LogP contribution in [0.15, 0.2) is 84.9 Å². The molecule has 31 heavy (non-hydrogen) atoms. The number of nitro groups is 1. The van der Waals surface area contributed by atoms with Crippen LogP contribution >= 0.6 is 0 Å². The first-order valence-electron chi connectivity index (χ1n) is 9.55. The van der Waals surface area contributed by atoms with Gasteiger partial charge in [-0.25, -0.2) is 4.68 Å². The highest BCUT2D eigenvalue weighted by Gasteiger charge is 2.13. The first kappa shape index (κ1) is 19.8. The van der Waals surface area contributed by atoms with Crippen molar-refractivity contribution in [2.45, 2.75) is 6.92 Å². The molecule has 0 spiro atoms. The predicted octanol–water partition coefficient (Wildman–Crippen LogP) is 5.08. The molecule has 3 aromatic carbocycles. The van der Waals surface area contributed by atoms with Crippen molar-refractivity contribution in [3.8, 4) is 5.69 Å². The smallest absolute Gasteiger partial charge is 0.269 e. The van der Waals surface area contributed by atoms with E-state index in [2.05, 4.69) is 15.7 Å². The lowest BCUT2D eigenvalue weighted by Gasteiger charge is -2.14. The molecule has 0 atom stereocenters. The van der Waals surface area contributed by atoms with Crippen LogP contribution in [0.25, 0.3) is 5.69 Å². The van der Waals surface area contributed by atoms with E-state index in [9.17, 15) is 14.9 Å². The van der Waals surface area contributed by atoms with Gasteiger partial charge in [-0.1, -0.05) is 30.3 Å². The predicted molar refractivity (Wildman–Crippen MR) is 119 cm³/mol. The third-order valence-corrected chi connectivity index (χ3v) is 4.61. The Hall–Kier alpha value is -4.46. The van der Waals surface area contributed by atoms with Gasteiger partial charge in [-0.15, -0.1) is 0 Å². The fourth-order valence-electron chi connectivity index (χ4n) is 3.12. The van der Waals surface area contributed by atoms with E-state index in [0.29, 0.717) is 16.9 Å². The van der Waals surface area contributed by atoms with E-state index in [1.165, 1.54) is 24.3 Å². The number of nitro benzene ring substituents is 1. The quantitative estimate of drug-likeness (QED) is 0.339. The van der Waals surface area contributed by atoms with Crippen molar-refractivity contribution in [1.82, 2.24) is 9.78 Å². The second-order valence-electron chi connectivity index (χ2n) is 6.85. The van der Waals surface area contributed by atoms with E-state index in [-0.39, 0.29) is 11.6 Å². The molecule has 1 amide bonds. The molecule has 0 radical (unpaired) electrons. The van der Waals surface area contributed by atoms with E-state index in [0.717, 1.165) is 17.2 Å². The Morgan fingerprint density at radius 2 is 1.58 bits per heavy atom. The number of aromatic nitrogens is 2. The molecule has 0 aliphatic rings. The summed E-state index contributed by atoms with van der Waals surface area (Å²) in [6.07, 6.45) is 0. The molecule has 0 bridgehead atoms. The SMILES string of the molecule is Cc1cc(Nc2ccccc2NC(=O)c2ccc([N+](=O)[O-])cc2)n(-c2ccccc2)n1. The molecule has 4 rings (SSSR count). The molecule has 0 saturated carbocycles. The van der Waals surface area contributed by atoms with Crippen LogP contribution in [0.2, 0.25) is 0 Å². The van der Waals surface area contributed by atoms with Gasteiger partial charge < -0.3 is 10.6 Å². The number of non-ortho nitro benzene ring substituents is 1. The summed E-state index contributed by atoms with van der Waals surface area (Å²) in [4.78, 5) is 23.0. The Balaban J connectivity index is 1.59. The van der Waals surface area contributed by atoms with Crippen LogP contribution in [0.1, 0.15) is 16.1 Å². The molecule has 4 aromatic rings. The molecule has 8 heteroatoms. The first-order valence-corrected chi connectivity index (χ1v) is 9.55. The van der Waals surface area contributed by atoms with Crippen LogP contribution < -0.4 is 10.6 Å². The van der Waals surface area contributed by atoms with Gasteiger partial charge in [0.15, 0.2) is 0 Å². The average Bonchev–Trinajstić information content (AvgIpc) is 3.15. The Labute approximate surface area is 178 Å². The van der Waals surface area contributed by atoms with Gasteiger partial charge in [0.2, 0.25) is 0 Å². The number of para-hydroxylation sites is 3. The molecule has 1 heterocycles. The maximum atomic E-state index is 12.7. The number of amides is 1. The number of hydrogen-bond donors (Lipinski definition) is 2. The Morgan fingerprint density at radius 3 is 2.26 bits per heavy atom. The number of aryl methyl sites for hydroxylation is 1. The van der Waals surface area contributed by atoms with Crippen molar-refractivity contribution in [1.29, 1.82) is 0 Å². The molecule has 2 N–H and O–H groups in total. The first-order chi connectivity index (χ1) is 15.0. The van der Waals surface area contributed by atoms with Crippen LogP contribution in [0.3, 0.4) is 0 Å². The number of anilines is 3. The molecule has 0 unspecified atom stereocenters. The summed E-state index contributed by atoms with van der Waals surface area (Å²) in [7, 11) is 0. The Kier molecular flexibility index (Phi) is 5.44. The molecular formula is C23H19N5O3. The van der Waals surface area contributed by atoms with E-state index in [4.69, 9.17) is 0 Å². The van der Waals surface area contributed by atoms with Crippen molar-refractivity contribution >= 4 is 28.8 Å². The van der Waals surface area contributed by atoms with Crippen molar-refractivity contribution in [2.24, 2.45) is 0 Å². The highest BCUT2D eigenvalue weighted by atomic mass is 16.6. The number of carbonyl (C=O) groups excluding carboxylic acids is 1. The highest BCUT2D eigenvalue weighted by molar-refractivity contribution is 6.06. The minimum atomic E-state index is -0.501. The van der Waals surface area contributed by atoms with Gasteiger partial charge in [0, 0.05) is 23.8 Å². The average molecular weight is 413 g/mol. The van der Waals surface area contributed by atoms with Gasteiger partial charge >= 0.3 is 0 Å². The van der Waals surface area contributed by atoms with Crippen LogP contribution in [0, 0.1) is 17.0 Å². The number of nitrogens with zero attached hydrogens (tertiary/aromatic N) is 3. The second-order valence-corrected chi connectivity index (χ2v) is 6.85. The van der Waals surface area contributed by atoms with E-state index in [1.54, 1.807) is 10.7 Å². The van der Waals surface area contributed by atoms with E-state index < -0.39 is 4.92 Å². The number of carbonyl (C=O) groups is 1. The maximum absolute atomic E-state index is 12.7. The summed E-state index contributed by atoms with van der Waals surface area (Å²) in [5.74, 6) is 0.387. The van der Waals surface area contributed by atoms with Gasteiger partial charge in [0.05, 0.1) is 27.7 Å². The lowest BCUT2D eigenvalue weighted by atomic mass is 10.2. The molecule has 0 aliphatic carbocycles. The number of nitrogens with one attached hydrogen (secondary N) is 2. The summed E-state index contributed by atoms with van der Waals surface area (Å²) in [6.45, 7) is 1.91. The van der Waals surface area contributed by atoms with Gasteiger partial charge in [-0.2, -0.15) is 5.10 Å². The summed E-state index contributed by atoms with van der Waals surface area (Å²) in [5, 5.41) is 21.6. The lowest BCUT2D eigenvalue weighted by molar-refractivity contribution is -0.384. The van der Waals surface area contributed by atoms with Gasteiger partial charge in [-0.05, 0) is 43.3 Å². The molecule has 154 valence electrons. The zero-order valence-electron chi connectivity index (χ0n) is 16.6. The fraction of sp³-hybridized carbons (Fsp3) is 0.0435. The van der Waals surface area contributed by atoms with Gasteiger partial charge in [0.25, 0.3) is 11.6 Å².